The number of rotatable bonds is 3. The van der Waals surface area contributed by atoms with Gasteiger partial charge in [0.1, 0.15) is 11.4 Å². The summed E-state index contributed by atoms with van der Waals surface area (Å²) in [5.41, 5.74) is 1.55. The van der Waals surface area contributed by atoms with Crippen molar-refractivity contribution >= 4 is 16.7 Å². The van der Waals surface area contributed by atoms with Gasteiger partial charge in [-0.3, -0.25) is 14.8 Å². The van der Waals surface area contributed by atoms with Gasteiger partial charge in [0.05, 0.1) is 18.2 Å². The summed E-state index contributed by atoms with van der Waals surface area (Å²) in [5.74, 6) is 0.470. The van der Waals surface area contributed by atoms with Gasteiger partial charge in [-0.25, -0.2) is 0 Å². The molecule has 0 saturated heterocycles. The number of ether oxygens (including phenoxy) is 1. The zero-order chi connectivity index (χ0) is 13.9. The average molecular weight is 264 g/mol. The van der Waals surface area contributed by atoms with Gasteiger partial charge >= 0.3 is 0 Å². The molecule has 0 unspecified atom stereocenters. The van der Waals surface area contributed by atoms with Crippen molar-refractivity contribution in [3.8, 4) is 5.75 Å². The standard InChI is InChI=1S/C16H12N2O2/c1-20-12-9-11-5-4-8-18-15(11)13(10-12)16(19)14-6-2-3-7-17-14/h2-10H,1H3. The molecule has 1 aromatic carbocycles. The van der Waals surface area contributed by atoms with Gasteiger partial charge in [-0.05, 0) is 30.3 Å². The quantitative estimate of drug-likeness (QED) is 0.682. The fourth-order valence-electron chi connectivity index (χ4n) is 2.09. The van der Waals surface area contributed by atoms with Crippen molar-refractivity contribution in [3.63, 3.8) is 0 Å². The maximum atomic E-state index is 12.6. The summed E-state index contributed by atoms with van der Waals surface area (Å²) in [5, 5.41) is 0.867. The zero-order valence-electron chi connectivity index (χ0n) is 10.9. The molecule has 4 nitrogen and oxygen atoms in total. The molecule has 4 heteroatoms. The number of carbonyl (C=O) groups excluding carboxylic acids is 1. The molecular formula is C16H12N2O2. The van der Waals surface area contributed by atoms with Crippen molar-refractivity contribution in [1.29, 1.82) is 0 Å². The Morgan fingerprint density at radius 1 is 1.05 bits per heavy atom. The van der Waals surface area contributed by atoms with Crippen LogP contribution >= 0.6 is 0 Å². The van der Waals surface area contributed by atoms with Crippen molar-refractivity contribution in [1.82, 2.24) is 9.97 Å². The molecule has 0 amide bonds. The van der Waals surface area contributed by atoms with Crippen LogP contribution in [-0.4, -0.2) is 22.9 Å². The van der Waals surface area contributed by atoms with E-state index in [1.54, 1.807) is 43.8 Å². The second-order valence-electron chi connectivity index (χ2n) is 4.29. The Kier molecular flexibility index (Phi) is 3.13. The molecule has 2 aromatic heterocycles. The molecule has 0 bridgehead atoms. The number of hydrogen-bond donors (Lipinski definition) is 0. The molecule has 0 radical (unpaired) electrons. The summed E-state index contributed by atoms with van der Waals surface area (Å²) < 4.78 is 5.25. The molecule has 0 N–H and O–H groups in total. The van der Waals surface area contributed by atoms with Gasteiger partial charge in [0, 0.05) is 17.8 Å². The van der Waals surface area contributed by atoms with Crippen LogP contribution in [0, 0.1) is 0 Å². The Bertz CT molecular complexity index is 770. The topological polar surface area (TPSA) is 52.1 Å². The summed E-state index contributed by atoms with van der Waals surface area (Å²) in [6, 6.07) is 12.5. The molecule has 0 aliphatic heterocycles. The van der Waals surface area contributed by atoms with E-state index in [9.17, 15) is 4.79 Å². The predicted octanol–water partition coefficient (Wildman–Crippen LogP) is 2.87. The van der Waals surface area contributed by atoms with E-state index in [1.807, 2.05) is 18.2 Å². The lowest BCUT2D eigenvalue weighted by Gasteiger charge is -2.07. The molecule has 98 valence electrons. The summed E-state index contributed by atoms with van der Waals surface area (Å²) in [4.78, 5) is 21.0. The minimum absolute atomic E-state index is 0.159. The third kappa shape index (κ3) is 2.12. The highest BCUT2D eigenvalue weighted by molar-refractivity contribution is 6.14. The molecule has 0 spiro atoms. The molecule has 20 heavy (non-hydrogen) atoms. The number of nitrogens with zero attached hydrogens (tertiary/aromatic N) is 2. The minimum Gasteiger partial charge on any atom is -0.497 e. The van der Waals surface area contributed by atoms with Crippen LogP contribution in [0.25, 0.3) is 10.9 Å². The van der Waals surface area contributed by atoms with E-state index >= 15 is 0 Å². The van der Waals surface area contributed by atoms with E-state index < -0.39 is 0 Å². The van der Waals surface area contributed by atoms with Crippen molar-refractivity contribution in [2.75, 3.05) is 7.11 Å². The van der Waals surface area contributed by atoms with Gasteiger partial charge < -0.3 is 4.74 Å². The number of aromatic nitrogens is 2. The molecule has 0 aliphatic carbocycles. The van der Waals surface area contributed by atoms with Gasteiger partial charge in [0.2, 0.25) is 5.78 Å². The van der Waals surface area contributed by atoms with Gasteiger partial charge in [-0.15, -0.1) is 0 Å². The maximum Gasteiger partial charge on any atom is 0.213 e. The van der Waals surface area contributed by atoms with E-state index in [2.05, 4.69) is 9.97 Å². The first-order valence-electron chi connectivity index (χ1n) is 6.18. The molecule has 0 atom stereocenters. The van der Waals surface area contributed by atoms with Crippen LogP contribution in [0.15, 0.2) is 54.9 Å². The van der Waals surface area contributed by atoms with E-state index in [1.165, 1.54) is 0 Å². The summed E-state index contributed by atoms with van der Waals surface area (Å²) >= 11 is 0. The van der Waals surface area contributed by atoms with Crippen LogP contribution in [0.1, 0.15) is 16.1 Å². The number of benzene rings is 1. The largest absolute Gasteiger partial charge is 0.497 e. The Hall–Kier alpha value is -2.75. The van der Waals surface area contributed by atoms with Gasteiger partial charge in [-0.2, -0.15) is 0 Å². The molecule has 0 saturated carbocycles. The smallest absolute Gasteiger partial charge is 0.213 e. The second-order valence-corrected chi connectivity index (χ2v) is 4.29. The van der Waals surface area contributed by atoms with Gasteiger partial charge in [0.15, 0.2) is 0 Å². The normalized spacial score (nSPS) is 10.4. The van der Waals surface area contributed by atoms with Crippen molar-refractivity contribution in [3.05, 3.63) is 66.1 Å². The first-order chi connectivity index (χ1) is 9.79. The number of pyridine rings is 2. The van der Waals surface area contributed by atoms with Crippen LogP contribution in [0.3, 0.4) is 0 Å². The van der Waals surface area contributed by atoms with Gasteiger partial charge in [0.25, 0.3) is 0 Å². The zero-order valence-corrected chi connectivity index (χ0v) is 10.9. The Morgan fingerprint density at radius 3 is 2.65 bits per heavy atom. The monoisotopic (exact) mass is 264 g/mol. The summed E-state index contributed by atoms with van der Waals surface area (Å²) in [7, 11) is 1.58. The first kappa shape index (κ1) is 12.3. The minimum atomic E-state index is -0.159. The molecule has 0 fully saturated rings. The Morgan fingerprint density at radius 2 is 1.90 bits per heavy atom. The van der Waals surface area contributed by atoms with Crippen molar-refractivity contribution < 1.29 is 9.53 Å². The fourth-order valence-corrected chi connectivity index (χ4v) is 2.09. The molecule has 3 rings (SSSR count). The van der Waals surface area contributed by atoms with E-state index in [4.69, 9.17) is 4.74 Å². The van der Waals surface area contributed by atoms with Crippen molar-refractivity contribution in [2.24, 2.45) is 0 Å². The highest BCUT2D eigenvalue weighted by Gasteiger charge is 2.16. The third-order valence-electron chi connectivity index (χ3n) is 3.06. The lowest BCUT2D eigenvalue weighted by Crippen LogP contribution is -2.05. The maximum absolute atomic E-state index is 12.6. The van der Waals surface area contributed by atoms with E-state index in [0.29, 0.717) is 22.5 Å². The number of ketones is 1. The summed E-state index contributed by atoms with van der Waals surface area (Å²) in [6.45, 7) is 0. The van der Waals surface area contributed by atoms with E-state index in [-0.39, 0.29) is 5.78 Å². The van der Waals surface area contributed by atoms with Gasteiger partial charge in [-0.1, -0.05) is 12.1 Å². The van der Waals surface area contributed by atoms with Crippen LogP contribution in [0.4, 0.5) is 0 Å². The highest BCUT2D eigenvalue weighted by Crippen LogP contribution is 2.25. The Balaban J connectivity index is 2.22. The molecule has 0 aliphatic rings. The SMILES string of the molecule is COc1cc(C(=O)c2ccccn2)c2ncccc2c1. The van der Waals surface area contributed by atoms with Crippen LogP contribution in [0.5, 0.6) is 5.75 Å². The highest BCUT2D eigenvalue weighted by atomic mass is 16.5. The van der Waals surface area contributed by atoms with Crippen LogP contribution in [-0.2, 0) is 0 Å². The fraction of sp³-hybridized carbons (Fsp3) is 0.0625. The number of carbonyl (C=O) groups is 1. The van der Waals surface area contributed by atoms with Crippen LogP contribution < -0.4 is 4.74 Å². The number of fused-ring (bicyclic) bond motifs is 1. The second kappa shape index (κ2) is 5.09. The predicted molar refractivity (Wildman–Crippen MR) is 76.0 cm³/mol. The van der Waals surface area contributed by atoms with Crippen molar-refractivity contribution in [2.45, 2.75) is 0 Å². The lowest BCUT2D eigenvalue weighted by atomic mass is 10.0. The third-order valence-corrected chi connectivity index (χ3v) is 3.06. The molecular weight excluding hydrogens is 252 g/mol. The van der Waals surface area contributed by atoms with Crippen LogP contribution in [0.2, 0.25) is 0 Å². The molecule has 2 heterocycles. The van der Waals surface area contributed by atoms with E-state index in [0.717, 1.165) is 5.39 Å². The molecule has 3 aromatic rings. The lowest BCUT2D eigenvalue weighted by molar-refractivity contribution is 0.103. The summed E-state index contributed by atoms with van der Waals surface area (Å²) in [6.07, 6.45) is 3.27. The average Bonchev–Trinajstić information content (AvgIpc) is 2.54. The number of methoxy groups -OCH3 is 1. The Labute approximate surface area is 116 Å². The first-order valence-corrected chi connectivity index (χ1v) is 6.18. The number of hydrogen-bond acceptors (Lipinski definition) is 4.